The SMILES string of the molecule is NS(=O)(=O)c1ccc(CCNC(=O)c2nn(-c3ccc(Br)cc3)c(=O)cc2O)cc1. The highest BCUT2D eigenvalue weighted by Crippen LogP contribution is 2.15. The molecule has 0 atom stereocenters. The van der Waals surface area contributed by atoms with Crippen LogP contribution in [-0.4, -0.2) is 35.8 Å². The van der Waals surface area contributed by atoms with Crippen LogP contribution < -0.4 is 16.0 Å². The monoisotopic (exact) mass is 492 g/mol. The summed E-state index contributed by atoms with van der Waals surface area (Å²) in [4.78, 5) is 24.6. The second-order valence-electron chi connectivity index (χ2n) is 6.30. The molecule has 30 heavy (non-hydrogen) atoms. The van der Waals surface area contributed by atoms with Crippen molar-refractivity contribution in [2.75, 3.05) is 6.54 Å². The quantitative estimate of drug-likeness (QED) is 0.473. The van der Waals surface area contributed by atoms with Crippen LogP contribution in [0.5, 0.6) is 5.75 Å². The molecule has 0 spiro atoms. The van der Waals surface area contributed by atoms with Crippen molar-refractivity contribution in [1.82, 2.24) is 15.1 Å². The fourth-order valence-corrected chi connectivity index (χ4v) is 3.41. The van der Waals surface area contributed by atoms with Gasteiger partial charge >= 0.3 is 0 Å². The Kier molecular flexibility index (Phi) is 6.34. The third-order valence-electron chi connectivity index (χ3n) is 4.15. The Hall–Kier alpha value is -3.02. The number of aromatic hydroxyl groups is 1. The summed E-state index contributed by atoms with van der Waals surface area (Å²) in [6, 6.07) is 13.6. The Labute approximate surface area is 180 Å². The van der Waals surface area contributed by atoms with Crippen molar-refractivity contribution >= 4 is 31.9 Å². The summed E-state index contributed by atoms with van der Waals surface area (Å²) in [5, 5.41) is 21.6. The topological polar surface area (TPSA) is 144 Å². The number of rotatable bonds is 6. The van der Waals surface area contributed by atoms with E-state index in [9.17, 15) is 23.1 Å². The minimum Gasteiger partial charge on any atom is -0.505 e. The van der Waals surface area contributed by atoms with E-state index < -0.39 is 27.2 Å². The first-order chi connectivity index (χ1) is 14.1. The summed E-state index contributed by atoms with van der Waals surface area (Å²) in [7, 11) is -3.76. The Morgan fingerprint density at radius 3 is 2.37 bits per heavy atom. The van der Waals surface area contributed by atoms with E-state index in [1.807, 2.05) is 0 Å². The number of primary sulfonamides is 1. The maximum absolute atomic E-state index is 12.4. The molecule has 0 unspecified atom stereocenters. The van der Waals surface area contributed by atoms with Crippen LogP contribution in [0.3, 0.4) is 0 Å². The summed E-state index contributed by atoms with van der Waals surface area (Å²) in [5.74, 6) is -1.18. The maximum Gasteiger partial charge on any atom is 0.275 e. The predicted octanol–water partition coefficient (Wildman–Crippen LogP) is 1.32. The summed E-state index contributed by atoms with van der Waals surface area (Å²) in [6.45, 7) is 0.200. The van der Waals surface area contributed by atoms with Gasteiger partial charge in [0.05, 0.1) is 10.6 Å². The molecule has 3 rings (SSSR count). The van der Waals surface area contributed by atoms with Gasteiger partial charge in [0.2, 0.25) is 10.0 Å². The molecule has 0 radical (unpaired) electrons. The molecule has 11 heteroatoms. The Morgan fingerprint density at radius 1 is 1.13 bits per heavy atom. The lowest BCUT2D eigenvalue weighted by atomic mass is 10.1. The number of hydrogen-bond acceptors (Lipinski definition) is 6. The summed E-state index contributed by atoms with van der Waals surface area (Å²) >= 11 is 3.30. The van der Waals surface area contributed by atoms with Crippen LogP contribution in [0.15, 0.2) is 68.8 Å². The van der Waals surface area contributed by atoms with Gasteiger partial charge in [-0.2, -0.15) is 9.78 Å². The van der Waals surface area contributed by atoms with Gasteiger partial charge in [-0.3, -0.25) is 9.59 Å². The number of aromatic nitrogens is 2. The van der Waals surface area contributed by atoms with Gasteiger partial charge in [0.15, 0.2) is 11.4 Å². The zero-order valence-electron chi connectivity index (χ0n) is 15.4. The van der Waals surface area contributed by atoms with Crippen molar-refractivity contribution in [2.45, 2.75) is 11.3 Å². The Balaban J connectivity index is 1.71. The fraction of sp³-hybridized carbons (Fsp3) is 0.105. The lowest BCUT2D eigenvalue weighted by Crippen LogP contribution is -2.30. The molecular weight excluding hydrogens is 476 g/mol. The largest absolute Gasteiger partial charge is 0.505 e. The van der Waals surface area contributed by atoms with Crippen molar-refractivity contribution in [3.05, 3.63) is 80.7 Å². The molecule has 0 aliphatic rings. The van der Waals surface area contributed by atoms with E-state index in [-0.39, 0.29) is 17.1 Å². The average molecular weight is 493 g/mol. The number of halogens is 1. The molecule has 0 aliphatic carbocycles. The third kappa shape index (κ3) is 5.12. The molecule has 1 amide bonds. The first-order valence-electron chi connectivity index (χ1n) is 8.64. The number of nitrogens with one attached hydrogen (secondary N) is 1. The van der Waals surface area contributed by atoms with Crippen LogP contribution in [0.4, 0.5) is 0 Å². The molecule has 0 saturated heterocycles. The molecule has 0 saturated carbocycles. The van der Waals surface area contributed by atoms with Crippen LogP contribution in [0, 0.1) is 0 Å². The van der Waals surface area contributed by atoms with Gasteiger partial charge < -0.3 is 10.4 Å². The van der Waals surface area contributed by atoms with Crippen molar-refractivity contribution < 1.29 is 18.3 Å². The molecule has 0 aliphatic heterocycles. The maximum atomic E-state index is 12.4. The number of benzene rings is 2. The van der Waals surface area contributed by atoms with Crippen LogP contribution in [0.25, 0.3) is 5.69 Å². The molecule has 0 bridgehead atoms. The van der Waals surface area contributed by atoms with Crippen LogP contribution in [-0.2, 0) is 16.4 Å². The van der Waals surface area contributed by atoms with E-state index in [4.69, 9.17) is 5.14 Å². The Bertz CT molecular complexity index is 1240. The van der Waals surface area contributed by atoms with Gasteiger partial charge in [0, 0.05) is 17.1 Å². The van der Waals surface area contributed by atoms with Crippen molar-refractivity contribution in [1.29, 1.82) is 0 Å². The number of carbonyl (C=O) groups is 1. The van der Waals surface area contributed by atoms with Gasteiger partial charge in [-0.15, -0.1) is 0 Å². The van der Waals surface area contributed by atoms with Crippen LogP contribution >= 0.6 is 15.9 Å². The Morgan fingerprint density at radius 2 is 1.77 bits per heavy atom. The first kappa shape index (κ1) is 21.7. The zero-order valence-corrected chi connectivity index (χ0v) is 17.9. The molecule has 1 heterocycles. The molecule has 2 aromatic carbocycles. The molecule has 0 fully saturated rings. The lowest BCUT2D eigenvalue weighted by Gasteiger charge is -2.10. The van der Waals surface area contributed by atoms with Gasteiger partial charge in [0.25, 0.3) is 11.5 Å². The van der Waals surface area contributed by atoms with Crippen molar-refractivity contribution in [3.63, 3.8) is 0 Å². The number of amides is 1. The number of sulfonamides is 1. The minimum atomic E-state index is -3.76. The van der Waals surface area contributed by atoms with Gasteiger partial charge in [-0.25, -0.2) is 13.6 Å². The van der Waals surface area contributed by atoms with E-state index in [0.717, 1.165) is 20.8 Å². The number of hydrogen-bond donors (Lipinski definition) is 3. The number of carbonyl (C=O) groups excluding carboxylic acids is 1. The smallest absolute Gasteiger partial charge is 0.275 e. The van der Waals surface area contributed by atoms with Crippen molar-refractivity contribution in [2.24, 2.45) is 5.14 Å². The summed E-state index contributed by atoms with van der Waals surface area (Å²) < 4.78 is 24.4. The van der Waals surface area contributed by atoms with E-state index in [2.05, 4.69) is 26.3 Å². The normalized spacial score (nSPS) is 11.3. The standard InChI is InChI=1S/C19H17BrN4O5S/c20-13-3-5-14(6-4-13)24-17(26)11-16(25)18(23-24)19(27)22-10-9-12-1-7-15(8-2-12)30(21,28)29/h1-8,11,25H,9-10H2,(H,22,27)(H2,21,28,29). The molecule has 9 nitrogen and oxygen atoms in total. The summed E-state index contributed by atoms with van der Waals surface area (Å²) in [5.41, 5.74) is 0.343. The second kappa shape index (κ2) is 8.78. The fourth-order valence-electron chi connectivity index (χ4n) is 2.63. The lowest BCUT2D eigenvalue weighted by molar-refractivity contribution is 0.0944. The highest BCUT2D eigenvalue weighted by Gasteiger charge is 2.16. The summed E-state index contributed by atoms with van der Waals surface area (Å²) in [6.07, 6.45) is 0.407. The molecule has 4 N–H and O–H groups in total. The second-order valence-corrected chi connectivity index (χ2v) is 8.78. The number of nitrogens with zero attached hydrogens (tertiary/aromatic N) is 2. The highest BCUT2D eigenvalue weighted by atomic mass is 79.9. The van der Waals surface area contributed by atoms with Gasteiger partial charge in [0.1, 0.15) is 0 Å². The highest BCUT2D eigenvalue weighted by molar-refractivity contribution is 9.10. The van der Waals surface area contributed by atoms with E-state index in [1.54, 1.807) is 36.4 Å². The van der Waals surface area contributed by atoms with Gasteiger partial charge in [-0.05, 0) is 48.4 Å². The van der Waals surface area contributed by atoms with Crippen LogP contribution in [0.1, 0.15) is 16.1 Å². The molecular formula is C19H17BrN4O5S. The number of nitrogens with two attached hydrogens (primary N) is 1. The first-order valence-corrected chi connectivity index (χ1v) is 11.0. The van der Waals surface area contributed by atoms with Gasteiger partial charge in [-0.1, -0.05) is 28.1 Å². The van der Waals surface area contributed by atoms with E-state index >= 15 is 0 Å². The zero-order chi connectivity index (χ0) is 21.9. The third-order valence-corrected chi connectivity index (χ3v) is 5.61. The average Bonchev–Trinajstić information content (AvgIpc) is 2.68. The predicted molar refractivity (Wildman–Crippen MR) is 113 cm³/mol. The minimum absolute atomic E-state index is 0.000364. The van der Waals surface area contributed by atoms with E-state index in [1.165, 1.54) is 12.1 Å². The molecule has 1 aromatic heterocycles. The van der Waals surface area contributed by atoms with Crippen LogP contribution in [0.2, 0.25) is 0 Å². The molecule has 3 aromatic rings. The van der Waals surface area contributed by atoms with Crippen molar-refractivity contribution in [3.8, 4) is 11.4 Å². The molecule has 156 valence electrons. The van der Waals surface area contributed by atoms with E-state index in [0.29, 0.717) is 12.1 Å².